The van der Waals surface area contributed by atoms with Crippen LogP contribution in [-0.2, 0) is 16.6 Å². The fraction of sp³-hybridized carbons (Fsp3) is 0.217. The van der Waals surface area contributed by atoms with Gasteiger partial charge in [-0.15, -0.1) is 0 Å². The first-order chi connectivity index (χ1) is 15.4. The molecule has 0 bridgehead atoms. The quantitative estimate of drug-likeness (QED) is 0.548. The fourth-order valence-corrected chi connectivity index (χ4v) is 3.85. The second-order valence-corrected chi connectivity index (χ2v) is 7.52. The van der Waals surface area contributed by atoms with Crippen molar-refractivity contribution in [3.05, 3.63) is 71.4 Å². The first kappa shape index (κ1) is 21.1. The number of carbonyl (C=O) groups excluding carboxylic acids is 2. The van der Waals surface area contributed by atoms with E-state index in [1.165, 1.54) is 18.7 Å². The van der Waals surface area contributed by atoms with Crippen LogP contribution >= 0.6 is 0 Å². The molecule has 3 aromatic rings. The number of ether oxygens (including phenoxy) is 1. The average molecular weight is 434 g/mol. The molecular formula is C23H22N4O5. The van der Waals surface area contributed by atoms with Gasteiger partial charge in [0.25, 0.3) is 0 Å². The molecule has 32 heavy (non-hydrogen) atoms. The number of benzene rings is 2. The molecule has 1 aromatic heterocycles. The highest BCUT2D eigenvalue weighted by Crippen LogP contribution is 2.44. The lowest BCUT2D eigenvalue weighted by atomic mass is 9.98. The van der Waals surface area contributed by atoms with Crippen LogP contribution in [0.5, 0.6) is 0 Å². The van der Waals surface area contributed by atoms with Crippen LogP contribution in [0.15, 0.2) is 54.7 Å². The Labute approximate surface area is 184 Å². The maximum Gasteiger partial charge on any atom is 0.407 e. The molecule has 4 rings (SSSR count). The van der Waals surface area contributed by atoms with Gasteiger partial charge in [0.1, 0.15) is 24.0 Å². The van der Waals surface area contributed by atoms with Crippen molar-refractivity contribution >= 4 is 23.8 Å². The Bertz CT molecular complexity index is 1160. The summed E-state index contributed by atoms with van der Waals surface area (Å²) in [6.07, 6.45) is 0.402. The van der Waals surface area contributed by atoms with E-state index in [2.05, 4.69) is 15.7 Å². The lowest BCUT2D eigenvalue weighted by Crippen LogP contribution is -2.42. The van der Waals surface area contributed by atoms with Crippen molar-refractivity contribution in [1.29, 1.82) is 0 Å². The van der Waals surface area contributed by atoms with E-state index in [9.17, 15) is 19.5 Å². The Morgan fingerprint density at radius 2 is 1.69 bits per heavy atom. The van der Waals surface area contributed by atoms with E-state index in [-0.39, 0.29) is 23.9 Å². The van der Waals surface area contributed by atoms with Crippen molar-refractivity contribution < 1.29 is 24.2 Å². The van der Waals surface area contributed by atoms with Gasteiger partial charge in [0.2, 0.25) is 5.91 Å². The molecule has 164 valence electrons. The third-order valence-electron chi connectivity index (χ3n) is 5.48. The molecule has 3 N–H and O–H groups in total. The number of anilines is 1. The topological polar surface area (TPSA) is 123 Å². The van der Waals surface area contributed by atoms with Gasteiger partial charge in [-0.05, 0) is 29.2 Å². The second kappa shape index (κ2) is 8.54. The highest BCUT2D eigenvalue weighted by molar-refractivity contribution is 6.01. The summed E-state index contributed by atoms with van der Waals surface area (Å²) in [6, 6.07) is 15.0. The second-order valence-electron chi connectivity index (χ2n) is 7.52. The van der Waals surface area contributed by atoms with Crippen molar-refractivity contribution in [2.45, 2.75) is 18.9 Å². The van der Waals surface area contributed by atoms with Crippen LogP contribution < -0.4 is 10.6 Å². The van der Waals surface area contributed by atoms with E-state index in [4.69, 9.17) is 4.74 Å². The van der Waals surface area contributed by atoms with Gasteiger partial charge in [0.05, 0.1) is 6.20 Å². The molecule has 1 atom stereocenters. The highest BCUT2D eigenvalue weighted by atomic mass is 16.5. The summed E-state index contributed by atoms with van der Waals surface area (Å²) in [5.74, 6) is -1.87. The van der Waals surface area contributed by atoms with Crippen molar-refractivity contribution in [3.63, 3.8) is 0 Å². The predicted molar refractivity (Wildman–Crippen MR) is 116 cm³/mol. The normalized spacial score (nSPS) is 13.1. The molecule has 1 heterocycles. The van der Waals surface area contributed by atoms with Gasteiger partial charge in [0.15, 0.2) is 0 Å². The third-order valence-corrected chi connectivity index (χ3v) is 5.48. The molecule has 9 nitrogen and oxygen atoms in total. The number of rotatable bonds is 6. The molecular weight excluding hydrogens is 412 g/mol. The number of carboxylic acid groups (broad SMARTS) is 1. The maximum atomic E-state index is 12.4. The Kier molecular flexibility index (Phi) is 5.63. The van der Waals surface area contributed by atoms with Gasteiger partial charge in [0, 0.05) is 13.0 Å². The number of amides is 2. The zero-order chi connectivity index (χ0) is 22.8. The van der Waals surface area contributed by atoms with E-state index in [1.807, 2.05) is 48.5 Å². The number of nitrogens with one attached hydrogen (secondary N) is 2. The van der Waals surface area contributed by atoms with E-state index >= 15 is 0 Å². The summed E-state index contributed by atoms with van der Waals surface area (Å²) in [7, 11) is 1.51. The van der Waals surface area contributed by atoms with Crippen LogP contribution in [0.3, 0.4) is 0 Å². The summed E-state index contributed by atoms with van der Waals surface area (Å²) < 4.78 is 6.68. The Balaban J connectivity index is 1.38. The Hall–Kier alpha value is -4.14. The minimum atomic E-state index is -1.22. The molecule has 0 unspecified atom stereocenters. The van der Waals surface area contributed by atoms with E-state index in [0.717, 1.165) is 28.5 Å². The Morgan fingerprint density at radius 3 is 2.28 bits per heavy atom. The summed E-state index contributed by atoms with van der Waals surface area (Å²) in [6.45, 7) is 1.60. The van der Waals surface area contributed by atoms with Crippen LogP contribution in [0.4, 0.5) is 10.6 Å². The summed E-state index contributed by atoms with van der Waals surface area (Å²) in [5.41, 5.74) is 4.27. The SMILES string of the molecule is C[C@H](NC(=O)OCC1c2ccccc2-c2ccccc21)C(=O)Nc1c(C(=O)O)cnn1C. The first-order valence-electron chi connectivity index (χ1n) is 10.0. The van der Waals surface area contributed by atoms with Crippen LogP contribution in [0, 0.1) is 0 Å². The van der Waals surface area contributed by atoms with Crippen LogP contribution in [0.25, 0.3) is 11.1 Å². The van der Waals surface area contributed by atoms with Crippen LogP contribution in [0.2, 0.25) is 0 Å². The van der Waals surface area contributed by atoms with E-state index < -0.39 is 24.0 Å². The summed E-state index contributed by atoms with van der Waals surface area (Å²) in [5, 5.41) is 18.0. The van der Waals surface area contributed by atoms with Crippen molar-refractivity contribution in [1.82, 2.24) is 15.1 Å². The van der Waals surface area contributed by atoms with Crippen LogP contribution in [0.1, 0.15) is 34.3 Å². The molecule has 9 heteroatoms. The molecule has 0 radical (unpaired) electrons. The smallest absolute Gasteiger partial charge is 0.407 e. The molecule has 0 fully saturated rings. The number of fused-ring (bicyclic) bond motifs is 3. The molecule has 1 aliphatic rings. The number of carbonyl (C=O) groups is 3. The molecule has 1 aliphatic carbocycles. The zero-order valence-electron chi connectivity index (χ0n) is 17.5. The molecule has 0 saturated heterocycles. The molecule has 2 amide bonds. The third kappa shape index (κ3) is 3.92. The number of alkyl carbamates (subject to hydrolysis) is 1. The van der Waals surface area contributed by atoms with E-state index in [1.54, 1.807) is 0 Å². The molecule has 0 spiro atoms. The van der Waals surface area contributed by atoms with Gasteiger partial charge in [-0.2, -0.15) is 5.10 Å². The van der Waals surface area contributed by atoms with Crippen molar-refractivity contribution in [3.8, 4) is 11.1 Å². The van der Waals surface area contributed by atoms with Gasteiger partial charge in [-0.25, -0.2) is 9.59 Å². The summed E-state index contributed by atoms with van der Waals surface area (Å²) in [4.78, 5) is 36.1. The van der Waals surface area contributed by atoms with Gasteiger partial charge in [-0.1, -0.05) is 48.5 Å². The number of hydrogen-bond donors (Lipinski definition) is 3. The lowest BCUT2D eigenvalue weighted by molar-refractivity contribution is -0.117. The fourth-order valence-electron chi connectivity index (χ4n) is 3.85. The van der Waals surface area contributed by atoms with Gasteiger partial charge >= 0.3 is 12.1 Å². The van der Waals surface area contributed by atoms with Gasteiger partial charge < -0.3 is 20.5 Å². The highest BCUT2D eigenvalue weighted by Gasteiger charge is 2.29. The van der Waals surface area contributed by atoms with Crippen molar-refractivity contribution in [2.24, 2.45) is 7.05 Å². The Morgan fingerprint density at radius 1 is 1.09 bits per heavy atom. The molecule has 0 saturated carbocycles. The zero-order valence-corrected chi connectivity index (χ0v) is 17.5. The van der Waals surface area contributed by atoms with E-state index in [0.29, 0.717) is 0 Å². The lowest BCUT2D eigenvalue weighted by Gasteiger charge is -2.17. The largest absolute Gasteiger partial charge is 0.477 e. The number of hydrogen-bond acceptors (Lipinski definition) is 5. The number of nitrogens with zero attached hydrogens (tertiary/aromatic N) is 2. The van der Waals surface area contributed by atoms with Gasteiger partial charge in [-0.3, -0.25) is 9.48 Å². The summed E-state index contributed by atoms with van der Waals surface area (Å²) >= 11 is 0. The molecule has 0 aliphatic heterocycles. The number of aromatic nitrogens is 2. The van der Waals surface area contributed by atoms with Crippen molar-refractivity contribution in [2.75, 3.05) is 11.9 Å². The van der Waals surface area contributed by atoms with Crippen LogP contribution in [-0.4, -0.2) is 45.5 Å². The number of aryl methyl sites for hydroxylation is 1. The number of carboxylic acids is 1. The minimum absolute atomic E-state index is 0.0312. The molecule has 2 aromatic carbocycles. The minimum Gasteiger partial charge on any atom is -0.477 e. The standard InChI is InChI=1S/C23H22N4O5/c1-13(21(28)26-20-18(22(29)30)11-24-27(20)2)25-23(31)32-12-19-16-9-5-3-7-14(16)15-8-4-6-10-17(15)19/h3-11,13,19H,12H2,1-2H3,(H,25,31)(H,26,28)(H,29,30)/t13-/m0/s1. The average Bonchev–Trinajstić information content (AvgIpc) is 3.30. The number of aromatic carboxylic acids is 1. The first-order valence-corrected chi connectivity index (χ1v) is 10.0. The maximum absolute atomic E-state index is 12.4. The monoisotopic (exact) mass is 434 g/mol. The predicted octanol–water partition coefficient (Wildman–Crippen LogP) is 2.98.